The van der Waals surface area contributed by atoms with Crippen molar-refractivity contribution in [2.24, 2.45) is 17.8 Å². The van der Waals surface area contributed by atoms with E-state index in [0.29, 0.717) is 11.1 Å². The van der Waals surface area contributed by atoms with Crippen molar-refractivity contribution in [2.75, 3.05) is 0 Å². The molecule has 3 rings (SSSR count). The normalized spacial score (nSPS) is 29.3. The van der Waals surface area contributed by atoms with E-state index in [1.807, 2.05) is 0 Å². The number of aryl methyl sites for hydroxylation is 1. The Morgan fingerprint density at radius 2 is 1.64 bits per heavy atom. The summed E-state index contributed by atoms with van der Waals surface area (Å²) in [6, 6.07) is 3.42. The van der Waals surface area contributed by atoms with E-state index in [1.165, 1.54) is 25.7 Å². The number of halogens is 2. The van der Waals surface area contributed by atoms with Crippen LogP contribution in [0.2, 0.25) is 0 Å². The first-order chi connectivity index (χ1) is 10.6. The van der Waals surface area contributed by atoms with Crippen LogP contribution in [0, 0.1) is 36.3 Å². The third kappa shape index (κ3) is 3.11. The molecule has 0 nitrogen and oxygen atoms in total. The maximum Gasteiger partial charge on any atom is 0.166 e. The fraction of sp³-hybridized carbons (Fsp3) is 0.600. The highest BCUT2D eigenvalue weighted by atomic mass is 19.2. The number of rotatable bonds is 2. The van der Waals surface area contributed by atoms with Crippen LogP contribution in [-0.4, -0.2) is 0 Å². The van der Waals surface area contributed by atoms with E-state index in [2.05, 4.69) is 13.0 Å². The summed E-state index contributed by atoms with van der Waals surface area (Å²) in [5.74, 6) is 1.11. The Kier molecular flexibility index (Phi) is 4.65. The van der Waals surface area contributed by atoms with Gasteiger partial charge in [-0.25, -0.2) is 8.78 Å². The Morgan fingerprint density at radius 3 is 2.27 bits per heavy atom. The third-order valence-corrected chi connectivity index (χ3v) is 5.80. The summed E-state index contributed by atoms with van der Waals surface area (Å²) in [6.07, 6.45) is 10.6. The second-order valence-corrected chi connectivity index (χ2v) is 7.34. The van der Waals surface area contributed by atoms with Crippen LogP contribution in [0.4, 0.5) is 8.78 Å². The summed E-state index contributed by atoms with van der Waals surface area (Å²) in [5, 5.41) is 0. The second kappa shape index (κ2) is 6.52. The summed E-state index contributed by atoms with van der Waals surface area (Å²) in [6.45, 7) is 3.96. The fourth-order valence-electron chi connectivity index (χ4n) is 4.18. The molecule has 2 aliphatic carbocycles. The molecule has 0 aromatic heterocycles. The summed E-state index contributed by atoms with van der Waals surface area (Å²) in [4.78, 5) is 0. The van der Waals surface area contributed by atoms with Gasteiger partial charge >= 0.3 is 0 Å². The summed E-state index contributed by atoms with van der Waals surface area (Å²) in [5.41, 5.74) is 1.85. The molecule has 1 aromatic rings. The van der Waals surface area contributed by atoms with Crippen molar-refractivity contribution >= 4 is 5.57 Å². The van der Waals surface area contributed by atoms with Crippen LogP contribution in [0.15, 0.2) is 18.2 Å². The molecule has 1 saturated carbocycles. The van der Waals surface area contributed by atoms with Crippen molar-refractivity contribution in [3.63, 3.8) is 0 Å². The highest BCUT2D eigenvalue weighted by Gasteiger charge is 2.28. The number of hydrogen-bond acceptors (Lipinski definition) is 0. The molecule has 2 heteroatoms. The molecule has 0 bridgehead atoms. The van der Waals surface area contributed by atoms with Crippen LogP contribution in [0.25, 0.3) is 5.57 Å². The van der Waals surface area contributed by atoms with Gasteiger partial charge in [-0.3, -0.25) is 0 Å². The Morgan fingerprint density at radius 1 is 0.909 bits per heavy atom. The average Bonchev–Trinajstić information content (AvgIpc) is 2.54. The molecule has 0 spiro atoms. The van der Waals surface area contributed by atoms with Gasteiger partial charge in [0, 0.05) is 5.56 Å². The van der Waals surface area contributed by atoms with Crippen LogP contribution in [0.1, 0.15) is 63.0 Å². The molecule has 1 unspecified atom stereocenters. The molecular weight excluding hydrogens is 278 g/mol. The lowest BCUT2D eigenvalue weighted by molar-refractivity contribution is 0.202. The first-order valence-electron chi connectivity index (χ1n) is 8.70. The molecule has 1 aromatic carbocycles. The van der Waals surface area contributed by atoms with Crippen LogP contribution < -0.4 is 0 Å². The van der Waals surface area contributed by atoms with E-state index in [4.69, 9.17) is 0 Å². The Bertz CT molecular complexity index is 565. The number of allylic oxidation sites excluding steroid dienone is 2. The predicted octanol–water partition coefficient (Wildman–Crippen LogP) is 6.28. The predicted molar refractivity (Wildman–Crippen MR) is 87.5 cm³/mol. The van der Waals surface area contributed by atoms with Gasteiger partial charge in [-0.05, 0) is 67.9 Å². The number of hydrogen-bond donors (Lipinski definition) is 0. The van der Waals surface area contributed by atoms with Crippen LogP contribution >= 0.6 is 0 Å². The second-order valence-electron chi connectivity index (χ2n) is 7.34. The molecule has 0 amide bonds. The van der Waals surface area contributed by atoms with Crippen LogP contribution in [0.5, 0.6) is 0 Å². The highest BCUT2D eigenvalue weighted by Crippen LogP contribution is 2.41. The zero-order valence-corrected chi connectivity index (χ0v) is 13.7. The van der Waals surface area contributed by atoms with Crippen molar-refractivity contribution in [3.8, 4) is 0 Å². The quantitative estimate of drug-likeness (QED) is 0.603. The average molecular weight is 304 g/mol. The minimum atomic E-state index is -0.693. The Balaban J connectivity index is 1.70. The molecule has 1 fully saturated rings. The molecule has 0 aliphatic heterocycles. The maximum absolute atomic E-state index is 14.1. The summed E-state index contributed by atoms with van der Waals surface area (Å²) >= 11 is 0. The van der Waals surface area contributed by atoms with E-state index >= 15 is 0 Å². The standard InChI is InChI=1S/C20H26F2/c1-13-3-6-15(7-4-13)16-8-10-17(11-9-16)18-12-5-14(2)19(21)20(18)22/h5,10,12-13,15-16H,3-4,6-9,11H2,1-2H3. The lowest BCUT2D eigenvalue weighted by Crippen LogP contribution is -2.22. The Labute approximate surface area is 132 Å². The third-order valence-electron chi connectivity index (χ3n) is 5.80. The summed E-state index contributed by atoms with van der Waals surface area (Å²) in [7, 11) is 0. The van der Waals surface area contributed by atoms with Crippen molar-refractivity contribution in [1.82, 2.24) is 0 Å². The molecule has 2 aliphatic rings. The molecular formula is C20H26F2. The molecule has 0 saturated heterocycles. The van der Waals surface area contributed by atoms with E-state index < -0.39 is 11.6 Å². The first-order valence-corrected chi connectivity index (χ1v) is 8.70. The van der Waals surface area contributed by atoms with Crippen molar-refractivity contribution < 1.29 is 8.78 Å². The van der Waals surface area contributed by atoms with Gasteiger partial charge in [0.05, 0.1) is 0 Å². The van der Waals surface area contributed by atoms with Crippen LogP contribution in [0.3, 0.4) is 0 Å². The van der Waals surface area contributed by atoms with Crippen molar-refractivity contribution in [3.05, 3.63) is 41.0 Å². The first kappa shape index (κ1) is 15.7. The monoisotopic (exact) mass is 304 g/mol. The maximum atomic E-state index is 14.1. The zero-order valence-electron chi connectivity index (χ0n) is 13.7. The largest absolute Gasteiger partial charge is 0.203 e. The van der Waals surface area contributed by atoms with E-state index in [-0.39, 0.29) is 0 Å². The van der Waals surface area contributed by atoms with E-state index in [0.717, 1.165) is 42.6 Å². The minimum Gasteiger partial charge on any atom is -0.203 e. The molecule has 0 radical (unpaired) electrons. The number of benzene rings is 1. The van der Waals surface area contributed by atoms with E-state index in [9.17, 15) is 8.78 Å². The lowest BCUT2D eigenvalue weighted by atomic mass is 9.71. The van der Waals surface area contributed by atoms with Gasteiger partial charge in [-0.2, -0.15) is 0 Å². The zero-order chi connectivity index (χ0) is 15.7. The molecule has 120 valence electrons. The summed E-state index contributed by atoms with van der Waals surface area (Å²) < 4.78 is 27.9. The van der Waals surface area contributed by atoms with Gasteiger partial charge in [0.2, 0.25) is 0 Å². The van der Waals surface area contributed by atoms with Crippen molar-refractivity contribution in [2.45, 2.75) is 58.8 Å². The van der Waals surface area contributed by atoms with E-state index in [1.54, 1.807) is 19.1 Å². The topological polar surface area (TPSA) is 0 Å². The van der Waals surface area contributed by atoms with Gasteiger partial charge in [-0.1, -0.05) is 38.0 Å². The molecule has 0 heterocycles. The molecule has 1 atom stereocenters. The van der Waals surface area contributed by atoms with Crippen LogP contribution in [-0.2, 0) is 0 Å². The lowest BCUT2D eigenvalue weighted by Gasteiger charge is -2.34. The smallest absolute Gasteiger partial charge is 0.166 e. The molecule has 0 N–H and O–H groups in total. The Hall–Kier alpha value is -1.18. The highest BCUT2D eigenvalue weighted by molar-refractivity contribution is 5.67. The van der Waals surface area contributed by atoms with Gasteiger partial charge in [0.1, 0.15) is 0 Å². The van der Waals surface area contributed by atoms with Gasteiger partial charge < -0.3 is 0 Å². The SMILES string of the molecule is Cc1ccc(C2=CCC(C3CCC(C)CC3)CC2)c(F)c1F. The van der Waals surface area contributed by atoms with Crippen molar-refractivity contribution in [1.29, 1.82) is 0 Å². The molecule has 22 heavy (non-hydrogen) atoms. The van der Waals surface area contributed by atoms with Gasteiger partial charge in [0.25, 0.3) is 0 Å². The minimum absolute atomic E-state index is 0.381. The fourth-order valence-corrected chi connectivity index (χ4v) is 4.18. The van der Waals surface area contributed by atoms with Gasteiger partial charge in [-0.15, -0.1) is 0 Å². The van der Waals surface area contributed by atoms with Gasteiger partial charge in [0.15, 0.2) is 11.6 Å².